The maximum atomic E-state index is 13.8. The highest BCUT2D eigenvalue weighted by Crippen LogP contribution is 2.29. The average Bonchev–Trinajstić information content (AvgIpc) is 2.48. The lowest BCUT2D eigenvalue weighted by molar-refractivity contribution is -0.123. The summed E-state index contributed by atoms with van der Waals surface area (Å²) in [6, 6.07) is 4.88. The van der Waals surface area contributed by atoms with Gasteiger partial charge in [0.2, 0.25) is 5.91 Å². The van der Waals surface area contributed by atoms with E-state index in [1.54, 1.807) is 24.1 Å². The minimum atomic E-state index is -0.334. The van der Waals surface area contributed by atoms with Gasteiger partial charge in [0.25, 0.3) is 0 Å². The zero-order chi connectivity index (χ0) is 17.0. The first kappa shape index (κ1) is 18.2. The minimum absolute atomic E-state index is 0.00842. The number of likely N-dealkylation sites (N-methyl/N-ethyl adjacent to an activating group) is 1. The Kier molecular flexibility index (Phi) is 6.42. The van der Waals surface area contributed by atoms with Crippen LogP contribution in [0.2, 0.25) is 5.02 Å². The zero-order valence-electron chi connectivity index (χ0n) is 14.1. The van der Waals surface area contributed by atoms with E-state index in [0.29, 0.717) is 29.0 Å². The summed E-state index contributed by atoms with van der Waals surface area (Å²) in [5.41, 5.74) is 0.434. The maximum absolute atomic E-state index is 13.8. The predicted octanol–water partition coefficient (Wildman–Crippen LogP) is 3.85. The van der Waals surface area contributed by atoms with Gasteiger partial charge >= 0.3 is 0 Å². The van der Waals surface area contributed by atoms with E-state index in [4.69, 9.17) is 11.6 Å². The first-order valence-corrected chi connectivity index (χ1v) is 8.67. The zero-order valence-corrected chi connectivity index (χ0v) is 14.9. The second kappa shape index (κ2) is 8.11. The molecule has 5 heteroatoms. The molecule has 1 amide bonds. The van der Waals surface area contributed by atoms with Gasteiger partial charge in [-0.15, -0.1) is 0 Å². The van der Waals surface area contributed by atoms with Crippen LogP contribution in [0.3, 0.4) is 0 Å². The van der Waals surface area contributed by atoms with Crippen molar-refractivity contribution < 1.29 is 9.18 Å². The number of hydrogen-bond acceptors (Lipinski definition) is 2. The first-order chi connectivity index (χ1) is 10.9. The van der Waals surface area contributed by atoms with Crippen LogP contribution in [0.5, 0.6) is 0 Å². The molecule has 0 heterocycles. The van der Waals surface area contributed by atoms with Gasteiger partial charge in [-0.3, -0.25) is 9.69 Å². The second-order valence-corrected chi connectivity index (χ2v) is 7.22. The second-order valence-electron chi connectivity index (χ2n) is 6.81. The molecule has 3 nitrogen and oxygen atoms in total. The van der Waals surface area contributed by atoms with Gasteiger partial charge in [-0.05, 0) is 37.4 Å². The van der Waals surface area contributed by atoms with Crippen LogP contribution in [0.1, 0.15) is 38.7 Å². The van der Waals surface area contributed by atoms with E-state index in [9.17, 15) is 9.18 Å². The molecule has 3 atom stereocenters. The molecule has 0 unspecified atom stereocenters. The van der Waals surface area contributed by atoms with Crippen LogP contribution < -0.4 is 5.32 Å². The number of nitrogens with one attached hydrogen (secondary N) is 1. The molecule has 0 aliphatic heterocycles. The third-order valence-electron chi connectivity index (χ3n) is 4.96. The first-order valence-electron chi connectivity index (χ1n) is 8.29. The molecule has 128 valence electrons. The summed E-state index contributed by atoms with van der Waals surface area (Å²) in [4.78, 5) is 14.0. The summed E-state index contributed by atoms with van der Waals surface area (Å²) >= 11 is 6.03. The molecule has 2 rings (SSSR count). The lowest BCUT2D eigenvalue weighted by atomic mass is 9.78. The Morgan fingerprint density at radius 1 is 1.39 bits per heavy atom. The Balaban J connectivity index is 1.87. The summed E-state index contributed by atoms with van der Waals surface area (Å²) in [7, 11) is 1.80. The van der Waals surface area contributed by atoms with E-state index in [0.717, 1.165) is 12.8 Å². The highest BCUT2D eigenvalue weighted by Gasteiger charge is 2.28. The Morgan fingerprint density at radius 2 is 2.13 bits per heavy atom. The predicted molar refractivity (Wildman–Crippen MR) is 91.9 cm³/mol. The van der Waals surface area contributed by atoms with Crippen molar-refractivity contribution in [1.82, 2.24) is 10.2 Å². The van der Waals surface area contributed by atoms with Crippen LogP contribution in [0.25, 0.3) is 0 Å². The molecule has 1 N–H and O–H groups in total. The molecule has 1 aliphatic rings. The van der Waals surface area contributed by atoms with Crippen LogP contribution in [-0.2, 0) is 11.3 Å². The Hall–Kier alpha value is -1.13. The number of amides is 1. The van der Waals surface area contributed by atoms with E-state index in [2.05, 4.69) is 19.2 Å². The molecule has 0 saturated heterocycles. The van der Waals surface area contributed by atoms with E-state index in [1.165, 1.54) is 12.5 Å². The van der Waals surface area contributed by atoms with Crippen LogP contribution in [0, 0.1) is 17.7 Å². The van der Waals surface area contributed by atoms with Gasteiger partial charge in [-0.1, -0.05) is 44.4 Å². The molecule has 1 aromatic rings. The van der Waals surface area contributed by atoms with Crippen molar-refractivity contribution in [2.45, 2.75) is 45.7 Å². The summed E-state index contributed by atoms with van der Waals surface area (Å²) in [5.74, 6) is 0.799. The molecule has 1 saturated carbocycles. The lowest BCUT2D eigenvalue weighted by Crippen LogP contribution is -2.46. The molecule has 1 fully saturated rings. The summed E-state index contributed by atoms with van der Waals surface area (Å²) in [5, 5.41) is 3.53. The fourth-order valence-corrected chi connectivity index (χ4v) is 3.52. The van der Waals surface area contributed by atoms with Crippen molar-refractivity contribution in [3.8, 4) is 0 Å². The Morgan fingerprint density at radius 3 is 2.83 bits per heavy atom. The highest BCUT2D eigenvalue weighted by molar-refractivity contribution is 6.31. The van der Waals surface area contributed by atoms with Crippen molar-refractivity contribution in [2.75, 3.05) is 13.6 Å². The van der Waals surface area contributed by atoms with Gasteiger partial charge in [0.1, 0.15) is 5.82 Å². The number of nitrogens with zero attached hydrogens (tertiary/aromatic N) is 1. The van der Waals surface area contributed by atoms with Gasteiger partial charge < -0.3 is 5.32 Å². The molecule has 0 spiro atoms. The van der Waals surface area contributed by atoms with E-state index < -0.39 is 0 Å². The van der Waals surface area contributed by atoms with Crippen LogP contribution >= 0.6 is 11.6 Å². The Labute approximate surface area is 143 Å². The monoisotopic (exact) mass is 340 g/mol. The quantitative estimate of drug-likeness (QED) is 0.883. The fourth-order valence-electron chi connectivity index (χ4n) is 3.29. The smallest absolute Gasteiger partial charge is 0.234 e. The molecule has 0 radical (unpaired) electrons. The molecular formula is C18H26ClFN2O. The van der Waals surface area contributed by atoms with Crippen LogP contribution in [0.15, 0.2) is 18.2 Å². The normalized spacial score (nSPS) is 24.7. The number of carbonyl (C=O) groups excluding carboxylic acids is 1. The van der Waals surface area contributed by atoms with Crippen LogP contribution in [-0.4, -0.2) is 30.4 Å². The van der Waals surface area contributed by atoms with Gasteiger partial charge in [-0.2, -0.15) is 0 Å². The van der Waals surface area contributed by atoms with Crippen molar-refractivity contribution in [1.29, 1.82) is 0 Å². The van der Waals surface area contributed by atoms with Gasteiger partial charge in [0.15, 0.2) is 0 Å². The summed E-state index contributed by atoms with van der Waals surface area (Å²) in [6.45, 7) is 5.00. The lowest BCUT2D eigenvalue weighted by Gasteiger charge is -2.35. The largest absolute Gasteiger partial charge is 0.352 e. The standard InChI is InChI=1S/C18H26ClFN2O/c1-12-6-4-9-17(13(12)2)21-18(23)11-22(3)10-14-15(19)7-5-8-16(14)20/h5,7-8,12-13,17H,4,6,9-11H2,1-3H3,(H,21,23)/t12-,13+,17+/m1/s1. The number of halogens is 2. The maximum Gasteiger partial charge on any atom is 0.234 e. The van der Waals surface area contributed by atoms with Crippen LogP contribution in [0.4, 0.5) is 4.39 Å². The topological polar surface area (TPSA) is 32.3 Å². The number of rotatable bonds is 5. The molecule has 23 heavy (non-hydrogen) atoms. The van der Waals surface area contributed by atoms with Gasteiger partial charge in [0.05, 0.1) is 6.54 Å². The van der Waals surface area contributed by atoms with E-state index in [1.807, 2.05) is 0 Å². The molecule has 0 aromatic heterocycles. The Bertz CT molecular complexity index is 532. The SMILES string of the molecule is C[C@H]1[C@H](C)CCC[C@@H]1NC(=O)CN(C)Cc1c(F)cccc1Cl. The number of benzene rings is 1. The molecule has 0 bridgehead atoms. The third kappa shape index (κ3) is 4.92. The molecular weight excluding hydrogens is 315 g/mol. The summed E-state index contributed by atoms with van der Waals surface area (Å²) in [6.07, 6.45) is 3.44. The number of carbonyl (C=O) groups is 1. The van der Waals surface area contributed by atoms with E-state index in [-0.39, 0.29) is 24.3 Å². The van der Waals surface area contributed by atoms with Gasteiger partial charge in [-0.25, -0.2) is 4.39 Å². The summed E-state index contributed by atoms with van der Waals surface area (Å²) < 4.78 is 13.8. The minimum Gasteiger partial charge on any atom is -0.352 e. The molecule has 1 aromatic carbocycles. The van der Waals surface area contributed by atoms with Crippen molar-refractivity contribution in [3.05, 3.63) is 34.6 Å². The highest BCUT2D eigenvalue weighted by atomic mass is 35.5. The third-order valence-corrected chi connectivity index (χ3v) is 5.31. The van der Waals surface area contributed by atoms with Crippen molar-refractivity contribution >= 4 is 17.5 Å². The number of hydrogen-bond donors (Lipinski definition) is 1. The average molecular weight is 341 g/mol. The van der Waals surface area contributed by atoms with Crippen molar-refractivity contribution in [3.63, 3.8) is 0 Å². The fraction of sp³-hybridized carbons (Fsp3) is 0.611. The van der Waals surface area contributed by atoms with Crippen molar-refractivity contribution in [2.24, 2.45) is 11.8 Å². The van der Waals surface area contributed by atoms with E-state index >= 15 is 0 Å². The van der Waals surface area contributed by atoms with Gasteiger partial charge in [0, 0.05) is 23.2 Å². The molecule has 1 aliphatic carbocycles.